The van der Waals surface area contributed by atoms with Crippen molar-refractivity contribution in [3.05, 3.63) is 35.5 Å². The molecule has 0 aromatic carbocycles. The molecule has 0 bridgehead atoms. The molecule has 3 saturated carbocycles. The summed E-state index contributed by atoms with van der Waals surface area (Å²) in [4.78, 5) is 0. The lowest BCUT2D eigenvalue weighted by atomic mass is 9.60. The van der Waals surface area contributed by atoms with Crippen molar-refractivity contribution < 1.29 is 15.3 Å². The number of rotatable bonds is 6. The van der Waals surface area contributed by atoms with Crippen LogP contribution in [0.2, 0.25) is 0 Å². The van der Waals surface area contributed by atoms with Gasteiger partial charge in [0.25, 0.3) is 0 Å². The van der Waals surface area contributed by atoms with Crippen LogP contribution < -0.4 is 0 Å². The van der Waals surface area contributed by atoms with E-state index in [9.17, 15) is 15.3 Å². The first kappa shape index (κ1) is 25.7. The second-order valence-electron chi connectivity index (χ2n) is 12.7. The van der Waals surface area contributed by atoms with E-state index in [1.54, 1.807) is 5.57 Å². The summed E-state index contributed by atoms with van der Waals surface area (Å²) in [7, 11) is 0. The summed E-state index contributed by atoms with van der Waals surface area (Å²) in [6.07, 6.45) is 13.2. The first-order chi connectivity index (χ1) is 14.8. The lowest BCUT2D eigenvalue weighted by molar-refractivity contribution is -0.0404. The van der Waals surface area contributed by atoms with Crippen LogP contribution in [-0.4, -0.2) is 33.1 Å². The van der Waals surface area contributed by atoms with E-state index in [4.69, 9.17) is 0 Å². The van der Waals surface area contributed by atoms with Crippen LogP contribution >= 0.6 is 0 Å². The van der Waals surface area contributed by atoms with Crippen molar-refractivity contribution >= 4 is 0 Å². The van der Waals surface area contributed by atoms with Crippen LogP contribution in [0, 0.1) is 28.6 Å². The molecule has 3 heteroatoms. The van der Waals surface area contributed by atoms with E-state index in [2.05, 4.69) is 32.6 Å². The summed E-state index contributed by atoms with van der Waals surface area (Å²) >= 11 is 0. The molecule has 2 unspecified atom stereocenters. The molecule has 0 saturated heterocycles. The summed E-state index contributed by atoms with van der Waals surface area (Å²) in [5, 5.41) is 31.3. The zero-order valence-electron chi connectivity index (χ0n) is 21.5. The van der Waals surface area contributed by atoms with E-state index in [-0.39, 0.29) is 0 Å². The second-order valence-corrected chi connectivity index (χ2v) is 12.7. The van der Waals surface area contributed by atoms with Crippen molar-refractivity contribution in [1.29, 1.82) is 0 Å². The average Bonchev–Trinajstić information content (AvgIpc) is 3.05. The molecule has 0 radical (unpaired) electrons. The molecular formula is C29H48O3. The highest BCUT2D eigenvalue weighted by molar-refractivity contribution is 5.40. The van der Waals surface area contributed by atoms with Crippen molar-refractivity contribution in [2.75, 3.05) is 0 Å². The first-order valence-electron chi connectivity index (χ1n) is 12.9. The number of hydrogen-bond donors (Lipinski definition) is 3. The molecule has 3 aliphatic rings. The summed E-state index contributed by atoms with van der Waals surface area (Å²) in [5.41, 5.74) is 2.57. The van der Waals surface area contributed by atoms with E-state index >= 15 is 0 Å². The minimum absolute atomic E-state index is 0.362. The van der Waals surface area contributed by atoms with Crippen molar-refractivity contribution in [2.45, 2.75) is 117 Å². The van der Waals surface area contributed by atoms with Gasteiger partial charge < -0.3 is 15.3 Å². The van der Waals surface area contributed by atoms with E-state index in [1.165, 1.54) is 32.1 Å². The van der Waals surface area contributed by atoms with Crippen LogP contribution in [0.1, 0.15) is 99.3 Å². The molecule has 3 rings (SSSR count). The number of aliphatic hydroxyl groups is 3. The van der Waals surface area contributed by atoms with Gasteiger partial charge in [-0.05, 0) is 93.1 Å². The Balaban J connectivity index is 1.72. The Bertz CT molecular complexity index is 753. The highest BCUT2D eigenvalue weighted by atomic mass is 16.3. The third-order valence-corrected chi connectivity index (χ3v) is 9.39. The molecule has 3 fully saturated rings. The van der Waals surface area contributed by atoms with Gasteiger partial charge in [0.05, 0.1) is 17.8 Å². The summed E-state index contributed by atoms with van der Waals surface area (Å²) in [6.45, 7) is 16.8. The molecule has 0 aromatic heterocycles. The smallest absolute Gasteiger partial charge is 0.0862 e. The molecule has 0 aromatic rings. The van der Waals surface area contributed by atoms with E-state index in [1.807, 2.05) is 27.7 Å². The predicted octanol–water partition coefficient (Wildman–Crippen LogP) is 6.34. The first-order valence-corrected chi connectivity index (χ1v) is 12.9. The minimum atomic E-state index is -0.701. The molecular weight excluding hydrogens is 396 g/mol. The monoisotopic (exact) mass is 444 g/mol. The van der Waals surface area contributed by atoms with E-state index < -0.39 is 23.2 Å². The Hall–Kier alpha value is -0.900. The molecule has 6 atom stereocenters. The summed E-state index contributed by atoms with van der Waals surface area (Å²) in [6, 6.07) is 0. The Morgan fingerprint density at radius 3 is 2.50 bits per heavy atom. The van der Waals surface area contributed by atoms with Gasteiger partial charge in [-0.15, -0.1) is 0 Å². The van der Waals surface area contributed by atoms with Gasteiger partial charge >= 0.3 is 0 Å². The van der Waals surface area contributed by atoms with Crippen LogP contribution in [0.5, 0.6) is 0 Å². The maximum absolute atomic E-state index is 10.7. The molecule has 32 heavy (non-hydrogen) atoms. The highest BCUT2D eigenvalue weighted by Crippen LogP contribution is 2.60. The largest absolute Gasteiger partial charge is 0.392 e. The third-order valence-electron chi connectivity index (χ3n) is 9.39. The van der Waals surface area contributed by atoms with Gasteiger partial charge in [-0.25, -0.2) is 0 Å². The van der Waals surface area contributed by atoms with Crippen LogP contribution in [0.4, 0.5) is 0 Å². The fourth-order valence-electron chi connectivity index (χ4n) is 7.06. The SMILES string of the molecule is C=C1C(=CC=C2CCC[C@@]3(C)C2CC[C@@H]3[C@H](C)CCCC(C)(C)O)C[C@@H](O)C(C)(C)C1O. The van der Waals surface area contributed by atoms with Gasteiger partial charge in [0.1, 0.15) is 0 Å². The van der Waals surface area contributed by atoms with Crippen molar-refractivity contribution in [3.8, 4) is 0 Å². The van der Waals surface area contributed by atoms with Gasteiger partial charge in [-0.2, -0.15) is 0 Å². The molecule has 0 heterocycles. The standard InChI is InChI=1S/C29H48O3/c1-19(10-8-16-27(3,4)32)23-14-15-24-21(11-9-17-29(23,24)7)12-13-22-18-25(30)28(5,6)26(31)20(22)2/h12-13,19,23-26,30-32H,2,8-11,14-18H2,1,3-7H3/t19-,23-,24?,25-,26?,29-/m1/s1. The number of allylic oxidation sites excluding steroid dienone is 3. The molecule has 0 aliphatic heterocycles. The number of aliphatic hydroxyl groups excluding tert-OH is 2. The summed E-state index contributed by atoms with van der Waals surface area (Å²) < 4.78 is 0. The lowest BCUT2D eigenvalue weighted by Gasteiger charge is -2.44. The summed E-state index contributed by atoms with van der Waals surface area (Å²) in [5.74, 6) is 2.08. The zero-order valence-corrected chi connectivity index (χ0v) is 21.5. The Morgan fingerprint density at radius 2 is 1.84 bits per heavy atom. The molecule has 0 spiro atoms. The Morgan fingerprint density at radius 1 is 1.16 bits per heavy atom. The van der Waals surface area contributed by atoms with Gasteiger partial charge in [0.2, 0.25) is 0 Å². The fourth-order valence-corrected chi connectivity index (χ4v) is 7.06. The van der Waals surface area contributed by atoms with Crippen LogP contribution in [0.3, 0.4) is 0 Å². The van der Waals surface area contributed by atoms with Gasteiger partial charge in [-0.1, -0.05) is 64.8 Å². The molecule has 0 amide bonds. The molecule has 182 valence electrons. The predicted molar refractivity (Wildman–Crippen MR) is 133 cm³/mol. The lowest BCUT2D eigenvalue weighted by Crippen LogP contribution is -2.45. The van der Waals surface area contributed by atoms with Gasteiger partial charge in [-0.3, -0.25) is 0 Å². The Kier molecular flexibility index (Phi) is 7.55. The van der Waals surface area contributed by atoms with Gasteiger partial charge in [0, 0.05) is 5.41 Å². The fraction of sp³-hybridized carbons (Fsp3) is 0.793. The molecule has 3 aliphatic carbocycles. The maximum Gasteiger partial charge on any atom is 0.0862 e. The molecule has 3 nitrogen and oxygen atoms in total. The number of hydrogen-bond acceptors (Lipinski definition) is 3. The van der Waals surface area contributed by atoms with Crippen LogP contribution in [0.25, 0.3) is 0 Å². The maximum atomic E-state index is 10.7. The van der Waals surface area contributed by atoms with Crippen LogP contribution in [0.15, 0.2) is 35.5 Å². The Labute approximate surface area is 196 Å². The van der Waals surface area contributed by atoms with Gasteiger partial charge in [0.15, 0.2) is 0 Å². The van der Waals surface area contributed by atoms with Crippen molar-refractivity contribution in [1.82, 2.24) is 0 Å². The number of fused-ring (bicyclic) bond motifs is 1. The quantitative estimate of drug-likeness (QED) is 0.448. The zero-order chi connectivity index (χ0) is 23.9. The second kappa shape index (κ2) is 9.39. The van der Waals surface area contributed by atoms with E-state index in [0.717, 1.165) is 36.3 Å². The third kappa shape index (κ3) is 5.10. The van der Waals surface area contributed by atoms with Crippen molar-refractivity contribution in [2.24, 2.45) is 28.6 Å². The average molecular weight is 445 g/mol. The minimum Gasteiger partial charge on any atom is -0.392 e. The highest BCUT2D eigenvalue weighted by Gasteiger charge is 2.50. The van der Waals surface area contributed by atoms with Crippen molar-refractivity contribution in [3.63, 3.8) is 0 Å². The topological polar surface area (TPSA) is 60.7 Å². The normalized spacial score (nSPS) is 38.8. The van der Waals surface area contributed by atoms with E-state index in [0.29, 0.717) is 23.7 Å². The van der Waals surface area contributed by atoms with Crippen LogP contribution in [-0.2, 0) is 0 Å². The molecule has 3 N–H and O–H groups in total.